The Kier molecular flexibility index (Phi) is 4.29. The van der Waals surface area contributed by atoms with Crippen LogP contribution in [0.15, 0.2) is 6.20 Å². The number of aromatic nitrogens is 2. The summed E-state index contributed by atoms with van der Waals surface area (Å²) < 4.78 is 23.3. The molecule has 2 heterocycles. The van der Waals surface area contributed by atoms with Crippen LogP contribution in [0.1, 0.15) is 38.2 Å². The van der Waals surface area contributed by atoms with Crippen LogP contribution in [0.2, 0.25) is 0 Å². The molecule has 1 aromatic heterocycles. The van der Waals surface area contributed by atoms with E-state index in [0.29, 0.717) is 18.1 Å². The Balaban J connectivity index is 2.33. The quantitative estimate of drug-likeness (QED) is 0.885. The molecule has 1 aromatic rings. The van der Waals surface area contributed by atoms with E-state index in [4.69, 9.17) is 0 Å². The van der Waals surface area contributed by atoms with Crippen molar-refractivity contribution in [3.8, 4) is 0 Å². The average molecular weight is 299 g/mol. The van der Waals surface area contributed by atoms with Crippen molar-refractivity contribution in [2.45, 2.75) is 39.3 Å². The zero-order valence-corrected chi connectivity index (χ0v) is 12.9. The van der Waals surface area contributed by atoms with E-state index in [-0.39, 0.29) is 30.1 Å². The molecule has 0 radical (unpaired) electrons. The molecule has 1 fully saturated rings. The summed E-state index contributed by atoms with van der Waals surface area (Å²) in [5.74, 6) is 1.14. The van der Waals surface area contributed by atoms with E-state index in [9.17, 15) is 13.5 Å². The summed E-state index contributed by atoms with van der Waals surface area (Å²) in [6.07, 6.45) is 1.70. The normalized spacial score (nSPS) is 22.2. The lowest BCUT2D eigenvalue weighted by Crippen LogP contribution is -2.47. The van der Waals surface area contributed by atoms with Gasteiger partial charge in [-0.2, -0.15) is 0 Å². The highest BCUT2D eigenvalue weighted by atomic mass is 32.2. The van der Waals surface area contributed by atoms with E-state index < -0.39 is 9.84 Å². The van der Waals surface area contributed by atoms with Gasteiger partial charge in [0.05, 0.1) is 35.7 Å². The fourth-order valence-electron chi connectivity index (χ4n) is 2.42. The molecule has 2 rings (SSSR count). The maximum Gasteiger partial charge on any atom is 0.154 e. The maximum absolute atomic E-state index is 11.6. The molecule has 0 aromatic carbocycles. The van der Waals surface area contributed by atoms with Crippen molar-refractivity contribution < 1.29 is 13.5 Å². The molecule has 1 saturated heterocycles. The zero-order valence-electron chi connectivity index (χ0n) is 12.1. The first kappa shape index (κ1) is 15.2. The summed E-state index contributed by atoms with van der Waals surface area (Å²) in [5, 5.41) is 9.51. The average Bonchev–Trinajstić information content (AvgIpc) is 2.37. The van der Waals surface area contributed by atoms with E-state index in [2.05, 4.69) is 9.97 Å². The predicted molar refractivity (Wildman–Crippen MR) is 77.5 cm³/mol. The summed E-state index contributed by atoms with van der Waals surface area (Å²) in [4.78, 5) is 10.7. The van der Waals surface area contributed by atoms with Gasteiger partial charge in [-0.05, 0) is 6.92 Å². The largest absolute Gasteiger partial charge is 0.390 e. The lowest BCUT2D eigenvalue weighted by atomic mass is 10.2. The minimum Gasteiger partial charge on any atom is -0.390 e. The number of aliphatic hydroxyl groups is 1. The Morgan fingerprint density at radius 1 is 1.50 bits per heavy atom. The number of sulfone groups is 1. The third-order valence-electron chi connectivity index (χ3n) is 3.51. The second-order valence-electron chi connectivity index (χ2n) is 5.53. The smallest absolute Gasteiger partial charge is 0.154 e. The number of rotatable bonds is 3. The van der Waals surface area contributed by atoms with Crippen molar-refractivity contribution >= 4 is 15.5 Å². The van der Waals surface area contributed by atoms with Gasteiger partial charge >= 0.3 is 0 Å². The molecule has 0 aliphatic carbocycles. The van der Waals surface area contributed by atoms with Crippen molar-refractivity contribution in [1.29, 1.82) is 0 Å². The van der Waals surface area contributed by atoms with Crippen LogP contribution in [0.25, 0.3) is 0 Å². The van der Waals surface area contributed by atoms with Crippen LogP contribution >= 0.6 is 0 Å². The molecule has 20 heavy (non-hydrogen) atoms. The third kappa shape index (κ3) is 3.09. The van der Waals surface area contributed by atoms with Crippen LogP contribution in [0.3, 0.4) is 0 Å². The monoisotopic (exact) mass is 299 g/mol. The van der Waals surface area contributed by atoms with Gasteiger partial charge in [0, 0.05) is 18.5 Å². The number of hydrogen-bond acceptors (Lipinski definition) is 6. The highest BCUT2D eigenvalue weighted by Gasteiger charge is 2.30. The van der Waals surface area contributed by atoms with Crippen molar-refractivity contribution in [2.24, 2.45) is 0 Å². The number of aliphatic hydroxyl groups excluding tert-OH is 1. The molecule has 1 atom stereocenters. The maximum atomic E-state index is 11.6. The van der Waals surface area contributed by atoms with Gasteiger partial charge in [0.25, 0.3) is 0 Å². The third-order valence-corrected chi connectivity index (χ3v) is 5.31. The summed E-state index contributed by atoms with van der Waals surface area (Å²) in [5.41, 5.74) is 1.30. The molecule has 1 aliphatic heterocycles. The topological polar surface area (TPSA) is 83.4 Å². The lowest BCUT2D eigenvalue weighted by Gasteiger charge is -2.35. The first-order valence-corrected chi connectivity index (χ1v) is 8.60. The molecule has 0 saturated carbocycles. The molecule has 1 aliphatic rings. The van der Waals surface area contributed by atoms with Gasteiger partial charge in [0.15, 0.2) is 9.84 Å². The van der Waals surface area contributed by atoms with E-state index >= 15 is 0 Å². The first-order valence-electron chi connectivity index (χ1n) is 6.78. The molecule has 0 spiro atoms. The molecule has 7 heteroatoms. The van der Waals surface area contributed by atoms with Crippen molar-refractivity contribution in [3.05, 3.63) is 17.7 Å². The van der Waals surface area contributed by atoms with E-state index in [1.807, 2.05) is 25.7 Å². The summed E-state index contributed by atoms with van der Waals surface area (Å²) in [7, 11) is -2.96. The summed E-state index contributed by atoms with van der Waals surface area (Å²) in [6.45, 7) is 6.10. The zero-order chi connectivity index (χ0) is 14.9. The standard InChI is InChI=1S/C13H21N3O3S/c1-9(2)13-14-6-12(11(7-17)15-13)16-4-5-20(18,19)8-10(16)3/h6,9-10,17H,4-5,7-8H2,1-3H3. The van der Waals surface area contributed by atoms with Crippen LogP contribution in [0, 0.1) is 0 Å². The van der Waals surface area contributed by atoms with Gasteiger partial charge in [-0.25, -0.2) is 18.4 Å². The van der Waals surface area contributed by atoms with Gasteiger partial charge in [0.1, 0.15) is 5.82 Å². The summed E-state index contributed by atoms with van der Waals surface area (Å²) in [6, 6.07) is -0.132. The molecule has 0 bridgehead atoms. The second kappa shape index (κ2) is 5.65. The minimum atomic E-state index is -2.96. The van der Waals surface area contributed by atoms with Crippen LogP contribution in [-0.2, 0) is 16.4 Å². The van der Waals surface area contributed by atoms with Gasteiger partial charge < -0.3 is 10.0 Å². The lowest BCUT2D eigenvalue weighted by molar-refractivity contribution is 0.276. The minimum absolute atomic E-state index is 0.129. The number of anilines is 1. The van der Waals surface area contributed by atoms with Crippen LogP contribution in [0.5, 0.6) is 0 Å². The molecule has 1 unspecified atom stereocenters. The Bertz CT molecular complexity index is 587. The van der Waals surface area contributed by atoms with Crippen LogP contribution in [0.4, 0.5) is 5.69 Å². The predicted octanol–water partition coefficient (Wildman–Crippen LogP) is 0.716. The van der Waals surface area contributed by atoms with Crippen molar-refractivity contribution in [2.75, 3.05) is 23.0 Å². The van der Waals surface area contributed by atoms with Gasteiger partial charge in [-0.1, -0.05) is 13.8 Å². The SMILES string of the molecule is CC(C)c1ncc(N2CCS(=O)(=O)CC2C)c(CO)n1. The number of hydrogen-bond donors (Lipinski definition) is 1. The Morgan fingerprint density at radius 3 is 2.75 bits per heavy atom. The molecular weight excluding hydrogens is 278 g/mol. The fourth-order valence-corrected chi connectivity index (χ4v) is 3.97. The van der Waals surface area contributed by atoms with Gasteiger partial charge in [-0.3, -0.25) is 0 Å². The highest BCUT2D eigenvalue weighted by molar-refractivity contribution is 7.91. The fraction of sp³-hybridized carbons (Fsp3) is 0.692. The Hall–Kier alpha value is -1.21. The first-order chi connectivity index (χ1) is 9.34. The Morgan fingerprint density at radius 2 is 2.20 bits per heavy atom. The molecule has 1 N–H and O–H groups in total. The summed E-state index contributed by atoms with van der Waals surface area (Å²) >= 11 is 0. The van der Waals surface area contributed by atoms with E-state index in [0.717, 1.165) is 5.69 Å². The van der Waals surface area contributed by atoms with Gasteiger partial charge in [0.2, 0.25) is 0 Å². The van der Waals surface area contributed by atoms with E-state index in [1.165, 1.54) is 0 Å². The molecular formula is C13H21N3O3S. The molecule has 112 valence electrons. The second-order valence-corrected chi connectivity index (χ2v) is 7.76. The number of nitrogens with zero attached hydrogens (tertiary/aromatic N) is 3. The van der Waals surface area contributed by atoms with Gasteiger partial charge in [-0.15, -0.1) is 0 Å². The molecule has 6 nitrogen and oxygen atoms in total. The highest BCUT2D eigenvalue weighted by Crippen LogP contribution is 2.25. The van der Waals surface area contributed by atoms with E-state index in [1.54, 1.807) is 6.20 Å². The Labute approximate surface area is 119 Å². The van der Waals surface area contributed by atoms with Crippen molar-refractivity contribution in [1.82, 2.24) is 9.97 Å². The van der Waals surface area contributed by atoms with Crippen LogP contribution in [-0.4, -0.2) is 47.6 Å². The van der Waals surface area contributed by atoms with Crippen molar-refractivity contribution in [3.63, 3.8) is 0 Å². The van der Waals surface area contributed by atoms with Crippen LogP contribution < -0.4 is 4.90 Å². The molecule has 0 amide bonds.